The average molecular weight is 238 g/mol. The number of carbonyl (C=O) groups excluding carboxylic acids is 1. The van der Waals surface area contributed by atoms with E-state index in [0.717, 1.165) is 12.8 Å². The second kappa shape index (κ2) is 6.81. The lowest BCUT2D eigenvalue weighted by atomic mass is 10.2. The number of carbonyl (C=O) groups is 1. The van der Waals surface area contributed by atoms with Crippen molar-refractivity contribution in [2.45, 2.75) is 25.7 Å². The topological polar surface area (TPSA) is 54.9 Å². The summed E-state index contributed by atoms with van der Waals surface area (Å²) in [5.74, 6) is 2.70. The Labute approximate surface area is 99.4 Å². The van der Waals surface area contributed by atoms with Gasteiger partial charge in [0.2, 0.25) is 5.91 Å². The summed E-state index contributed by atoms with van der Waals surface area (Å²) >= 11 is 5.74. The summed E-state index contributed by atoms with van der Waals surface area (Å²) in [6, 6.07) is 0. The monoisotopic (exact) mass is 237 g/mol. The van der Waals surface area contributed by atoms with E-state index in [4.69, 9.17) is 18.0 Å². The third-order valence-electron chi connectivity index (χ3n) is 1.89. The molecule has 0 radical (unpaired) electrons. The molecule has 0 aliphatic rings. The van der Waals surface area contributed by atoms with Gasteiger partial charge in [0.25, 0.3) is 0 Å². The van der Waals surface area contributed by atoms with E-state index in [1.165, 1.54) is 12.4 Å². The zero-order valence-corrected chi connectivity index (χ0v) is 9.50. The largest absolute Gasteiger partial charge is 0.308 e. The standard InChI is InChI=1S/C11H12ClN3O/c1-2-3-4-5-6-9(16)15-11-10(12)13-7-8-14-11/h1,7-8H,3-6H2,(H,14,15,16). The zero-order chi connectivity index (χ0) is 11.8. The van der Waals surface area contributed by atoms with E-state index >= 15 is 0 Å². The minimum absolute atomic E-state index is 0.126. The van der Waals surface area contributed by atoms with Crippen molar-refractivity contribution in [3.8, 4) is 12.3 Å². The summed E-state index contributed by atoms with van der Waals surface area (Å²) in [6.07, 6.45) is 10.7. The van der Waals surface area contributed by atoms with Gasteiger partial charge in [-0.05, 0) is 12.8 Å². The van der Waals surface area contributed by atoms with E-state index in [-0.39, 0.29) is 11.1 Å². The van der Waals surface area contributed by atoms with Gasteiger partial charge in [-0.25, -0.2) is 9.97 Å². The lowest BCUT2D eigenvalue weighted by molar-refractivity contribution is -0.116. The fourth-order valence-electron chi connectivity index (χ4n) is 1.11. The minimum Gasteiger partial charge on any atom is -0.308 e. The molecule has 0 fully saturated rings. The number of aromatic nitrogens is 2. The number of amides is 1. The Morgan fingerprint density at radius 3 is 2.88 bits per heavy atom. The van der Waals surface area contributed by atoms with Crippen LogP contribution in [-0.4, -0.2) is 15.9 Å². The molecule has 0 saturated carbocycles. The van der Waals surface area contributed by atoms with Crippen LogP contribution < -0.4 is 5.32 Å². The first-order valence-corrected chi connectivity index (χ1v) is 5.31. The van der Waals surface area contributed by atoms with Crippen LogP contribution in [0.3, 0.4) is 0 Å². The molecule has 0 saturated heterocycles. The van der Waals surface area contributed by atoms with E-state index in [2.05, 4.69) is 21.2 Å². The molecule has 1 heterocycles. The van der Waals surface area contributed by atoms with Crippen LogP contribution in [-0.2, 0) is 4.79 Å². The Hall–Kier alpha value is -1.60. The van der Waals surface area contributed by atoms with Crippen molar-refractivity contribution in [2.24, 2.45) is 0 Å². The third-order valence-corrected chi connectivity index (χ3v) is 2.16. The average Bonchev–Trinajstić information content (AvgIpc) is 2.28. The maximum absolute atomic E-state index is 11.4. The summed E-state index contributed by atoms with van der Waals surface area (Å²) < 4.78 is 0. The maximum atomic E-state index is 11.4. The van der Waals surface area contributed by atoms with Gasteiger partial charge in [-0.1, -0.05) is 11.6 Å². The smallest absolute Gasteiger partial charge is 0.225 e. The predicted molar refractivity (Wildman–Crippen MR) is 63.0 cm³/mol. The molecule has 16 heavy (non-hydrogen) atoms. The van der Waals surface area contributed by atoms with Crippen molar-refractivity contribution in [2.75, 3.05) is 5.32 Å². The van der Waals surface area contributed by atoms with Gasteiger partial charge in [0.15, 0.2) is 11.0 Å². The number of unbranched alkanes of at least 4 members (excludes halogenated alkanes) is 2. The third kappa shape index (κ3) is 4.28. The molecule has 1 amide bonds. The number of terminal acetylenes is 1. The van der Waals surface area contributed by atoms with Gasteiger partial charge < -0.3 is 5.32 Å². The lowest BCUT2D eigenvalue weighted by Gasteiger charge is -2.04. The van der Waals surface area contributed by atoms with Crippen LogP contribution in [0.4, 0.5) is 5.82 Å². The second-order valence-corrected chi connectivity index (χ2v) is 3.51. The Morgan fingerprint density at radius 2 is 2.19 bits per heavy atom. The number of nitrogens with one attached hydrogen (secondary N) is 1. The summed E-state index contributed by atoms with van der Waals surface area (Å²) in [7, 11) is 0. The van der Waals surface area contributed by atoms with E-state index < -0.39 is 0 Å². The number of halogens is 1. The van der Waals surface area contributed by atoms with Gasteiger partial charge in [0.05, 0.1) is 0 Å². The molecule has 0 aliphatic heterocycles. The van der Waals surface area contributed by atoms with Gasteiger partial charge in [-0.3, -0.25) is 4.79 Å². The van der Waals surface area contributed by atoms with E-state index in [1.54, 1.807) is 0 Å². The first kappa shape index (κ1) is 12.5. The number of nitrogens with zero attached hydrogens (tertiary/aromatic N) is 2. The van der Waals surface area contributed by atoms with Crippen molar-refractivity contribution in [1.29, 1.82) is 0 Å². The molecule has 1 aromatic rings. The Morgan fingerprint density at radius 1 is 1.44 bits per heavy atom. The normalized spacial score (nSPS) is 9.50. The number of anilines is 1. The van der Waals surface area contributed by atoms with Crippen molar-refractivity contribution in [3.63, 3.8) is 0 Å². The van der Waals surface area contributed by atoms with E-state index in [1.807, 2.05) is 0 Å². The zero-order valence-electron chi connectivity index (χ0n) is 8.74. The molecule has 1 N–H and O–H groups in total. The van der Waals surface area contributed by atoms with Crippen molar-refractivity contribution < 1.29 is 4.79 Å². The molecule has 0 aliphatic carbocycles. The van der Waals surface area contributed by atoms with Gasteiger partial charge in [-0.2, -0.15) is 0 Å². The van der Waals surface area contributed by atoms with E-state index in [9.17, 15) is 4.79 Å². The van der Waals surface area contributed by atoms with Gasteiger partial charge in [0.1, 0.15) is 0 Å². The molecule has 0 unspecified atom stereocenters. The predicted octanol–water partition coefficient (Wildman–Crippen LogP) is 2.26. The Kier molecular flexibility index (Phi) is 5.30. The Balaban J connectivity index is 2.35. The Bertz CT molecular complexity index is 400. The maximum Gasteiger partial charge on any atom is 0.225 e. The fraction of sp³-hybridized carbons (Fsp3) is 0.364. The molecule has 5 heteroatoms. The number of hydrogen-bond donors (Lipinski definition) is 1. The molecular formula is C11H12ClN3O. The highest BCUT2D eigenvalue weighted by atomic mass is 35.5. The number of hydrogen-bond acceptors (Lipinski definition) is 3. The van der Waals surface area contributed by atoms with E-state index in [0.29, 0.717) is 18.7 Å². The van der Waals surface area contributed by atoms with Gasteiger partial charge in [-0.15, -0.1) is 12.3 Å². The molecule has 0 aromatic carbocycles. The second-order valence-electron chi connectivity index (χ2n) is 3.16. The summed E-state index contributed by atoms with van der Waals surface area (Å²) in [6.45, 7) is 0. The summed E-state index contributed by atoms with van der Waals surface area (Å²) in [5.41, 5.74) is 0. The highest BCUT2D eigenvalue weighted by Crippen LogP contribution is 2.14. The molecule has 0 atom stereocenters. The molecule has 84 valence electrons. The van der Waals surface area contributed by atoms with Gasteiger partial charge in [0, 0.05) is 25.2 Å². The van der Waals surface area contributed by atoms with Crippen molar-refractivity contribution in [3.05, 3.63) is 17.5 Å². The molecule has 4 nitrogen and oxygen atoms in total. The highest BCUT2D eigenvalue weighted by molar-refractivity contribution is 6.32. The van der Waals surface area contributed by atoms with Crippen molar-refractivity contribution in [1.82, 2.24) is 9.97 Å². The van der Waals surface area contributed by atoms with Gasteiger partial charge >= 0.3 is 0 Å². The first-order valence-electron chi connectivity index (χ1n) is 4.94. The quantitative estimate of drug-likeness (QED) is 0.631. The van der Waals surface area contributed by atoms with Crippen molar-refractivity contribution >= 4 is 23.3 Å². The number of rotatable bonds is 5. The molecule has 1 aromatic heterocycles. The van der Waals surface area contributed by atoms with Crippen LogP contribution in [0.5, 0.6) is 0 Å². The molecule has 0 spiro atoms. The summed E-state index contributed by atoms with van der Waals surface area (Å²) in [4.78, 5) is 19.1. The highest BCUT2D eigenvalue weighted by Gasteiger charge is 2.06. The van der Waals surface area contributed by atoms with Crippen LogP contribution in [0, 0.1) is 12.3 Å². The van der Waals surface area contributed by atoms with Crippen LogP contribution in [0.15, 0.2) is 12.4 Å². The molecular weight excluding hydrogens is 226 g/mol. The minimum atomic E-state index is -0.126. The van der Waals surface area contributed by atoms with Crippen LogP contribution in [0.2, 0.25) is 5.15 Å². The van der Waals surface area contributed by atoms with Crippen LogP contribution in [0.25, 0.3) is 0 Å². The SMILES string of the molecule is C#CCCCCC(=O)Nc1nccnc1Cl. The lowest BCUT2D eigenvalue weighted by Crippen LogP contribution is -2.12. The van der Waals surface area contributed by atoms with Crippen LogP contribution >= 0.6 is 11.6 Å². The van der Waals surface area contributed by atoms with Crippen LogP contribution in [0.1, 0.15) is 25.7 Å². The summed E-state index contributed by atoms with van der Waals surface area (Å²) in [5, 5.41) is 2.78. The molecule has 1 rings (SSSR count). The first-order chi connectivity index (χ1) is 7.74. The molecule has 0 bridgehead atoms. The fourth-order valence-corrected chi connectivity index (χ4v) is 1.26.